The summed E-state index contributed by atoms with van der Waals surface area (Å²) in [6, 6.07) is 9.04. The van der Waals surface area contributed by atoms with E-state index >= 15 is 0 Å². The van der Waals surface area contributed by atoms with E-state index in [-0.39, 0.29) is 5.82 Å². The van der Waals surface area contributed by atoms with Gasteiger partial charge < -0.3 is 9.73 Å². The fraction of sp³-hybridized carbons (Fsp3) is 0.333. The summed E-state index contributed by atoms with van der Waals surface area (Å²) in [6.07, 6.45) is 3.63. The Hall–Kier alpha value is -1.13. The van der Waals surface area contributed by atoms with Crippen LogP contribution in [0.4, 0.5) is 4.39 Å². The monoisotopic (exact) mass is 325 g/mol. The third-order valence-electron chi connectivity index (χ3n) is 3.06. The van der Waals surface area contributed by atoms with Crippen LogP contribution in [-0.2, 0) is 13.0 Å². The van der Waals surface area contributed by atoms with Crippen molar-refractivity contribution in [1.29, 1.82) is 0 Å². The molecule has 0 radical (unpaired) electrons. The molecule has 1 aromatic heterocycles. The van der Waals surface area contributed by atoms with E-state index in [1.165, 1.54) is 12.1 Å². The van der Waals surface area contributed by atoms with Crippen molar-refractivity contribution >= 4 is 15.9 Å². The molecule has 1 heterocycles. The molecule has 19 heavy (non-hydrogen) atoms. The molecule has 0 bridgehead atoms. The Morgan fingerprint density at radius 3 is 2.89 bits per heavy atom. The summed E-state index contributed by atoms with van der Waals surface area (Å²) < 4.78 is 19.1. The van der Waals surface area contributed by atoms with Gasteiger partial charge in [0.1, 0.15) is 11.6 Å². The molecule has 1 atom stereocenters. The van der Waals surface area contributed by atoms with Crippen molar-refractivity contribution in [2.24, 2.45) is 0 Å². The van der Waals surface area contributed by atoms with E-state index in [4.69, 9.17) is 4.42 Å². The molecule has 1 N–H and O–H groups in total. The van der Waals surface area contributed by atoms with E-state index in [0.29, 0.717) is 6.04 Å². The van der Waals surface area contributed by atoms with Crippen molar-refractivity contribution in [3.8, 4) is 0 Å². The third kappa shape index (κ3) is 4.48. The summed E-state index contributed by atoms with van der Waals surface area (Å²) >= 11 is 3.37. The van der Waals surface area contributed by atoms with Gasteiger partial charge in [-0.05, 0) is 43.2 Å². The Labute approximate surface area is 121 Å². The first-order chi connectivity index (χ1) is 9.15. The summed E-state index contributed by atoms with van der Waals surface area (Å²) in [5.41, 5.74) is 1.06. The minimum atomic E-state index is -0.221. The third-order valence-corrected chi connectivity index (χ3v) is 3.80. The lowest BCUT2D eigenvalue weighted by molar-refractivity contribution is 0.459. The summed E-state index contributed by atoms with van der Waals surface area (Å²) in [7, 11) is 0. The summed E-state index contributed by atoms with van der Waals surface area (Å²) in [6.45, 7) is 2.86. The molecular formula is C15H17BrFNO. The highest BCUT2D eigenvalue weighted by Crippen LogP contribution is 2.18. The molecular weight excluding hydrogens is 309 g/mol. The van der Waals surface area contributed by atoms with Gasteiger partial charge in [-0.15, -0.1) is 0 Å². The van der Waals surface area contributed by atoms with Gasteiger partial charge in [-0.2, -0.15) is 0 Å². The number of furan rings is 1. The van der Waals surface area contributed by atoms with Crippen LogP contribution in [0.25, 0.3) is 0 Å². The van der Waals surface area contributed by atoms with Crippen LogP contribution >= 0.6 is 15.9 Å². The second kappa shape index (κ2) is 6.87. The van der Waals surface area contributed by atoms with Crippen LogP contribution in [0.5, 0.6) is 0 Å². The Balaban J connectivity index is 1.78. The van der Waals surface area contributed by atoms with Crippen LogP contribution in [0.1, 0.15) is 24.7 Å². The maximum Gasteiger partial charge on any atom is 0.124 e. The SMILES string of the molecule is CC(CCc1ccco1)NCc1ccc(F)cc1Br. The molecule has 1 aromatic carbocycles. The van der Waals surface area contributed by atoms with Gasteiger partial charge in [0.05, 0.1) is 6.26 Å². The van der Waals surface area contributed by atoms with Crippen LogP contribution in [0, 0.1) is 5.82 Å². The lowest BCUT2D eigenvalue weighted by Crippen LogP contribution is -2.26. The van der Waals surface area contributed by atoms with Crippen molar-refractivity contribution in [3.63, 3.8) is 0 Å². The largest absolute Gasteiger partial charge is 0.469 e. The van der Waals surface area contributed by atoms with Crippen LogP contribution in [0.3, 0.4) is 0 Å². The molecule has 0 aliphatic carbocycles. The summed E-state index contributed by atoms with van der Waals surface area (Å²) in [4.78, 5) is 0. The van der Waals surface area contributed by atoms with Gasteiger partial charge in [0.25, 0.3) is 0 Å². The zero-order chi connectivity index (χ0) is 13.7. The van der Waals surface area contributed by atoms with Crippen LogP contribution in [0.15, 0.2) is 45.5 Å². The molecule has 0 fully saturated rings. The van der Waals surface area contributed by atoms with E-state index in [9.17, 15) is 4.39 Å². The van der Waals surface area contributed by atoms with Gasteiger partial charge >= 0.3 is 0 Å². The predicted molar refractivity (Wildman–Crippen MR) is 77.4 cm³/mol. The van der Waals surface area contributed by atoms with Crippen molar-refractivity contribution in [1.82, 2.24) is 5.32 Å². The molecule has 0 spiro atoms. The number of halogens is 2. The first-order valence-corrected chi connectivity index (χ1v) is 7.14. The number of rotatable bonds is 6. The Bertz CT molecular complexity index is 513. The fourth-order valence-corrected chi connectivity index (χ4v) is 2.36. The van der Waals surface area contributed by atoms with E-state index < -0.39 is 0 Å². The molecule has 102 valence electrons. The smallest absolute Gasteiger partial charge is 0.124 e. The zero-order valence-corrected chi connectivity index (χ0v) is 12.4. The van der Waals surface area contributed by atoms with E-state index in [0.717, 1.165) is 35.2 Å². The van der Waals surface area contributed by atoms with Gasteiger partial charge in [-0.25, -0.2) is 4.39 Å². The van der Waals surface area contributed by atoms with Crippen LogP contribution in [0.2, 0.25) is 0 Å². The highest BCUT2D eigenvalue weighted by atomic mass is 79.9. The van der Waals surface area contributed by atoms with Gasteiger partial charge in [0.15, 0.2) is 0 Å². The van der Waals surface area contributed by atoms with E-state index in [2.05, 4.69) is 28.2 Å². The molecule has 0 saturated heterocycles. The topological polar surface area (TPSA) is 25.2 Å². The molecule has 4 heteroatoms. The summed E-state index contributed by atoms with van der Waals surface area (Å²) in [5, 5.41) is 3.43. The average molecular weight is 326 g/mol. The molecule has 2 nitrogen and oxygen atoms in total. The average Bonchev–Trinajstić information content (AvgIpc) is 2.88. The number of nitrogens with one attached hydrogen (secondary N) is 1. The number of aryl methyl sites for hydroxylation is 1. The maximum absolute atomic E-state index is 13.0. The highest BCUT2D eigenvalue weighted by Gasteiger charge is 2.06. The van der Waals surface area contributed by atoms with Crippen LogP contribution < -0.4 is 5.32 Å². The second-order valence-electron chi connectivity index (χ2n) is 4.64. The highest BCUT2D eigenvalue weighted by molar-refractivity contribution is 9.10. The standard InChI is InChI=1S/C15H17BrFNO/c1-11(4-7-14-3-2-8-19-14)18-10-12-5-6-13(17)9-15(12)16/h2-3,5-6,8-9,11,18H,4,7,10H2,1H3. The minimum absolute atomic E-state index is 0.221. The number of benzene rings is 1. The normalized spacial score (nSPS) is 12.6. The van der Waals surface area contributed by atoms with Gasteiger partial charge in [-0.1, -0.05) is 22.0 Å². The van der Waals surface area contributed by atoms with Crippen LogP contribution in [-0.4, -0.2) is 6.04 Å². The molecule has 2 rings (SSSR count). The second-order valence-corrected chi connectivity index (χ2v) is 5.49. The maximum atomic E-state index is 13.0. The molecule has 0 aliphatic rings. The predicted octanol–water partition coefficient (Wildman–Crippen LogP) is 4.29. The number of hydrogen-bond acceptors (Lipinski definition) is 2. The zero-order valence-electron chi connectivity index (χ0n) is 10.8. The van der Waals surface area contributed by atoms with Gasteiger partial charge in [0, 0.05) is 23.5 Å². The van der Waals surface area contributed by atoms with Crippen molar-refractivity contribution in [3.05, 3.63) is 58.2 Å². The fourth-order valence-electron chi connectivity index (χ4n) is 1.86. The Morgan fingerprint density at radius 1 is 1.37 bits per heavy atom. The lowest BCUT2D eigenvalue weighted by atomic mass is 10.1. The molecule has 0 saturated carbocycles. The molecule has 0 aliphatic heterocycles. The van der Waals surface area contributed by atoms with Crippen molar-refractivity contribution in [2.75, 3.05) is 0 Å². The summed E-state index contributed by atoms with van der Waals surface area (Å²) in [5.74, 6) is 0.790. The lowest BCUT2D eigenvalue weighted by Gasteiger charge is -2.14. The Morgan fingerprint density at radius 2 is 2.21 bits per heavy atom. The molecule has 0 amide bonds. The minimum Gasteiger partial charge on any atom is -0.469 e. The van der Waals surface area contributed by atoms with Crippen molar-refractivity contribution in [2.45, 2.75) is 32.4 Å². The Kier molecular flexibility index (Phi) is 5.16. The van der Waals surface area contributed by atoms with E-state index in [1.54, 1.807) is 12.3 Å². The first-order valence-electron chi connectivity index (χ1n) is 6.35. The first kappa shape index (κ1) is 14.3. The van der Waals surface area contributed by atoms with Gasteiger partial charge in [0.2, 0.25) is 0 Å². The quantitative estimate of drug-likeness (QED) is 0.856. The number of hydrogen-bond donors (Lipinski definition) is 1. The molecule has 1 unspecified atom stereocenters. The molecule has 2 aromatic rings. The van der Waals surface area contributed by atoms with Crippen molar-refractivity contribution < 1.29 is 8.81 Å². The van der Waals surface area contributed by atoms with E-state index in [1.807, 2.05) is 12.1 Å². The van der Waals surface area contributed by atoms with Gasteiger partial charge in [-0.3, -0.25) is 0 Å².